The lowest BCUT2D eigenvalue weighted by Crippen LogP contribution is -2.47. The summed E-state index contributed by atoms with van der Waals surface area (Å²) in [4.78, 5) is 40.1. The largest absolute Gasteiger partial charge is 0.572 e. The zero-order valence-electron chi connectivity index (χ0n) is 31.2. The van der Waals surface area contributed by atoms with Crippen LogP contribution in [-0.4, -0.2) is 66.4 Å². The van der Waals surface area contributed by atoms with E-state index < -0.39 is 36.0 Å². The summed E-state index contributed by atoms with van der Waals surface area (Å²) in [5, 5.41) is 5.06. The van der Waals surface area contributed by atoms with Gasteiger partial charge >= 0.3 is 12.5 Å². The molecule has 55 heavy (non-hydrogen) atoms. The van der Waals surface area contributed by atoms with Crippen LogP contribution in [-0.2, 0) is 27.5 Å². The van der Waals surface area contributed by atoms with Gasteiger partial charge in [-0.2, -0.15) is 13.2 Å². The molecule has 4 aliphatic rings. The molecule has 0 saturated carbocycles. The predicted molar refractivity (Wildman–Crippen MR) is 197 cm³/mol. The fourth-order valence-electron chi connectivity index (χ4n) is 8.39. The Bertz CT molecular complexity index is 1940. The number of carbonyl (C=O) groups excluding carboxylic acids is 2. The van der Waals surface area contributed by atoms with E-state index in [4.69, 9.17) is 0 Å². The minimum atomic E-state index is -4.86. The van der Waals surface area contributed by atoms with E-state index in [0.29, 0.717) is 53.7 Å². The molecule has 6 rings (SSSR count). The molecule has 2 atom stereocenters. The highest BCUT2D eigenvalue weighted by Gasteiger charge is 2.38. The number of aromatic nitrogens is 1. The van der Waals surface area contributed by atoms with Crippen LogP contribution in [0.15, 0.2) is 58.8 Å². The maximum Gasteiger partial charge on any atom is 0.572 e. The van der Waals surface area contributed by atoms with Crippen molar-refractivity contribution in [1.82, 2.24) is 14.8 Å². The molecule has 2 amide bonds. The monoisotopic (exact) mass is 775 g/mol. The lowest BCUT2D eigenvalue weighted by atomic mass is 9.80. The molecule has 3 saturated heterocycles. The number of pyridine rings is 1. The zero-order valence-corrected chi connectivity index (χ0v) is 31.2. The number of hydrogen-bond donors (Lipinski definition) is 2. The van der Waals surface area contributed by atoms with E-state index in [1.165, 1.54) is 16.7 Å². The van der Waals surface area contributed by atoms with Crippen molar-refractivity contribution >= 4 is 28.8 Å². The Labute approximate surface area is 316 Å². The first-order valence-corrected chi connectivity index (χ1v) is 18.8. The minimum absolute atomic E-state index is 0.0183. The predicted octanol–water partition coefficient (Wildman–Crippen LogP) is 7.39. The van der Waals surface area contributed by atoms with Gasteiger partial charge in [-0.3, -0.25) is 24.6 Å². The van der Waals surface area contributed by atoms with Crippen LogP contribution in [0.2, 0.25) is 0 Å². The number of ether oxygens (including phenoxy) is 1. The van der Waals surface area contributed by atoms with Gasteiger partial charge in [0.05, 0.1) is 5.56 Å². The van der Waals surface area contributed by atoms with Crippen molar-refractivity contribution in [1.29, 1.82) is 0 Å². The summed E-state index contributed by atoms with van der Waals surface area (Å²) in [6, 6.07) is 3.23. The fourth-order valence-corrected chi connectivity index (χ4v) is 8.39. The number of nitrogens with one attached hydrogen (secondary N) is 2. The highest BCUT2D eigenvalue weighted by atomic mass is 19.4. The van der Waals surface area contributed by atoms with Crippen LogP contribution in [0.3, 0.4) is 0 Å². The molecular formula is C40H47F6N5O4. The number of aryl methyl sites for hydroxylation is 1. The first kappa shape index (κ1) is 40.1. The Morgan fingerprint density at radius 1 is 0.891 bits per heavy atom. The summed E-state index contributed by atoms with van der Waals surface area (Å²) in [7, 11) is 1.61. The van der Waals surface area contributed by atoms with Crippen molar-refractivity contribution in [2.75, 3.05) is 42.9 Å². The Balaban J connectivity index is 1.08. The normalized spacial score (nSPS) is 22.3. The molecule has 2 aromatic rings. The topological polar surface area (TPSA) is 95.9 Å². The lowest BCUT2D eigenvalue weighted by Gasteiger charge is -2.38. The number of piperidine rings is 2. The average molecular weight is 776 g/mol. The summed E-state index contributed by atoms with van der Waals surface area (Å²) < 4.78 is 89.4. The molecule has 3 fully saturated rings. The maximum absolute atomic E-state index is 14.3. The summed E-state index contributed by atoms with van der Waals surface area (Å²) >= 11 is 0. The van der Waals surface area contributed by atoms with Crippen LogP contribution in [0.4, 0.5) is 37.7 Å². The van der Waals surface area contributed by atoms with Gasteiger partial charge in [-0.25, -0.2) is 0 Å². The van der Waals surface area contributed by atoms with E-state index in [-0.39, 0.29) is 42.0 Å². The third-order valence-electron chi connectivity index (χ3n) is 11.4. The second kappa shape index (κ2) is 16.3. The SMILES string of the molecule is Cc1c(C2=CC=C(CN3CCCC(C4CCN(c5ccc(NC6CCC(=O)NC6=O)cc5C(F)(F)F)CC4)CC3)CC(OC(F)(F)F)=C2)cn(C)c(=O)c1C. The number of carbonyl (C=O) groups is 2. The number of anilines is 2. The molecule has 1 aliphatic carbocycles. The zero-order chi connectivity index (χ0) is 39.7. The molecule has 1 aromatic heterocycles. The van der Waals surface area contributed by atoms with Crippen molar-refractivity contribution in [3.63, 3.8) is 0 Å². The van der Waals surface area contributed by atoms with Gasteiger partial charge < -0.3 is 19.5 Å². The van der Waals surface area contributed by atoms with Gasteiger partial charge in [-0.1, -0.05) is 12.2 Å². The molecule has 3 aliphatic heterocycles. The van der Waals surface area contributed by atoms with E-state index in [1.54, 1.807) is 44.1 Å². The second-order valence-corrected chi connectivity index (χ2v) is 15.2. The molecular weight excluding hydrogens is 728 g/mol. The number of likely N-dealkylation sites (tertiary alicyclic amines) is 1. The molecule has 1 aromatic carbocycles. The van der Waals surface area contributed by atoms with Gasteiger partial charge in [0.1, 0.15) is 11.8 Å². The Kier molecular flexibility index (Phi) is 11.9. The Morgan fingerprint density at radius 3 is 2.29 bits per heavy atom. The number of hydrogen-bond acceptors (Lipinski definition) is 7. The number of imide groups is 1. The summed E-state index contributed by atoms with van der Waals surface area (Å²) in [5.74, 6) is -0.467. The van der Waals surface area contributed by atoms with Gasteiger partial charge in [-0.15, -0.1) is 13.2 Å². The number of halogens is 6. The minimum Gasteiger partial charge on any atom is -0.410 e. The van der Waals surface area contributed by atoms with Gasteiger partial charge in [0.2, 0.25) is 11.8 Å². The lowest BCUT2D eigenvalue weighted by molar-refractivity contribution is -0.306. The fraction of sp³-hybridized carbons (Fsp3) is 0.525. The molecule has 9 nitrogen and oxygen atoms in total. The molecule has 2 unspecified atom stereocenters. The Morgan fingerprint density at radius 2 is 1.60 bits per heavy atom. The highest BCUT2D eigenvalue weighted by molar-refractivity contribution is 6.01. The van der Waals surface area contributed by atoms with Crippen molar-refractivity contribution < 1.29 is 40.7 Å². The second-order valence-electron chi connectivity index (χ2n) is 15.2. The van der Waals surface area contributed by atoms with Crippen molar-refractivity contribution in [3.05, 3.63) is 86.6 Å². The number of rotatable bonds is 8. The maximum atomic E-state index is 14.3. The van der Waals surface area contributed by atoms with Crippen LogP contribution in [0, 0.1) is 25.7 Å². The number of amides is 2. The van der Waals surface area contributed by atoms with Crippen molar-refractivity contribution in [2.24, 2.45) is 18.9 Å². The van der Waals surface area contributed by atoms with Gasteiger partial charge in [-0.05, 0) is 118 Å². The molecule has 0 radical (unpaired) electrons. The van der Waals surface area contributed by atoms with E-state index in [1.807, 2.05) is 6.08 Å². The third kappa shape index (κ3) is 9.83. The summed E-state index contributed by atoms with van der Waals surface area (Å²) in [6.07, 6.45) is 1.71. The van der Waals surface area contributed by atoms with Crippen LogP contribution in [0.1, 0.15) is 73.6 Å². The van der Waals surface area contributed by atoms with E-state index in [0.717, 1.165) is 56.8 Å². The number of benzene rings is 1. The third-order valence-corrected chi connectivity index (χ3v) is 11.4. The quantitative estimate of drug-likeness (QED) is 0.213. The van der Waals surface area contributed by atoms with Crippen molar-refractivity contribution in [3.8, 4) is 0 Å². The van der Waals surface area contributed by atoms with Crippen LogP contribution >= 0.6 is 0 Å². The van der Waals surface area contributed by atoms with E-state index in [9.17, 15) is 40.7 Å². The summed E-state index contributed by atoms with van der Waals surface area (Å²) in [6.45, 7) is 6.40. The summed E-state index contributed by atoms with van der Waals surface area (Å²) in [5.41, 5.74) is 2.47. The molecule has 2 N–H and O–H groups in total. The molecule has 4 heterocycles. The molecule has 298 valence electrons. The van der Waals surface area contributed by atoms with E-state index in [2.05, 4.69) is 20.3 Å². The first-order valence-electron chi connectivity index (χ1n) is 18.8. The molecule has 15 heteroatoms. The average Bonchev–Trinajstić information content (AvgIpc) is 3.47. The van der Waals surface area contributed by atoms with Crippen molar-refractivity contribution in [2.45, 2.75) is 83.8 Å². The highest BCUT2D eigenvalue weighted by Crippen LogP contribution is 2.41. The Hall–Kier alpha value is -4.53. The van der Waals surface area contributed by atoms with Gasteiger partial charge in [0.25, 0.3) is 5.56 Å². The number of nitrogens with zero attached hydrogens (tertiary/aromatic N) is 3. The van der Waals surface area contributed by atoms with Gasteiger partial charge in [0, 0.05) is 68.2 Å². The van der Waals surface area contributed by atoms with E-state index >= 15 is 0 Å². The van der Waals surface area contributed by atoms with Crippen LogP contribution in [0.25, 0.3) is 5.57 Å². The number of alkyl halides is 6. The van der Waals surface area contributed by atoms with Crippen LogP contribution in [0.5, 0.6) is 0 Å². The van der Waals surface area contributed by atoms with Crippen LogP contribution < -0.4 is 21.1 Å². The van der Waals surface area contributed by atoms with Gasteiger partial charge in [0.15, 0.2) is 0 Å². The molecule has 0 bridgehead atoms. The smallest absolute Gasteiger partial charge is 0.410 e. The first-order chi connectivity index (χ1) is 25.9. The number of allylic oxidation sites excluding steroid dienone is 5. The molecule has 0 spiro atoms. The standard InChI is InChI=1S/C40H47F6N5O4/c1-24-25(2)38(54)49(3)23-32(24)29-7-6-26(19-31(20-29)55-40(44,45)46)22-50-15-4-5-27(12-16-50)28-13-17-51(18-14-28)35-10-8-30(21-33(35)39(41,42)43)47-34-9-11-36(52)48-37(34)53/h6-8,10,20-21,23,27-28,34,47H,4-5,9,11-19,22H2,1-3H3,(H,48,52,53).